The third-order valence-corrected chi connectivity index (χ3v) is 5.58. The minimum Gasteiger partial charge on any atom is -0.342 e. The number of carbonyl (C=O) groups is 1. The lowest BCUT2D eigenvalue weighted by Gasteiger charge is -2.17. The zero-order valence-corrected chi connectivity index (χ0v) is 13.0. The lowest BCUT2D eigenvalue weighted by atomic mass is 10.0. The van der Waals surface area contributed by atoms with Crippen molar-refractivity contribution in [2.45, 2.75) is 12.3 Å². The van der Waals surface area contributed by atoms with E-state index in [2.05, 4.69) is 44.3 Å². The number of likely N-dealkylation sites (tertiary alicyclic amines) is 1. The number of amides is 1. The number of fused-ring (bicyclic) bond motifs is 1. The molecule has 0 bridgehead atoms. The van der Waals surface area contributed by atoms with Gasteiger partial charge in [-0.05, 0) is 41.9 Å². The molecule has 1 aliphatic carbocycles. The van der Waals surface area contributed by atoms with E-state index in [0.29, 0.717) is 23.7 Å². The molecule has 1 amide bonds. The molecule has 3 nitrogen and oxygen atoms in total. The zero-order chi connectivity index (χ0) is 13.7. The summed E-state index contributed by atoms with van der Waals surface area (Å²) < 4.78 is 1.11. The molecule has 2 unspecified atom stereocenters. The fourth-order valence-corrected chi connectivity index (χ4v) is 4.26. The monoisotopic (exact) mass is 334 g/mol. The second-order valence-corrected chi connectivity index (χ2v) is 7.34. The van der Waals surface area contributed by atoms with Crippen LogP contribution in [0.2, 0.25) is 0 Å². The van der Waals surface area contributed by atoms with Crippen LogP contribution in [0, 0.1) is 17.8 Å². The van der Waals surface area contributed by atoms with Gasteiger partial charge in [-0.1, -0.05) is 28.1 Å². The van der Waals surface area contributed by atoms with Crippen LogP contribution < -0.4 is 5.32 Å². The van der Waals surface area contributed by atoms with Gasteiger partial charge in [0.25, 0.3) is 0 Å². The van der Waals surface area contributed by atoms with E-state index in [9.17, 15) is 4.79 Å². The average molecular weight is 335 g/mol. The highest BCUT2D eigenvalue weighted by Crippen LogP contribution is 2.49. The molecule has 20 heavy (non-hydrogen) atoms. The van der Waals surface area contributed by atoms with E-state index >= 15 is 0 Å². The Balaban J connectivity index is 1.42. The smallest absolute Gasteiger partial charge is 0.226 e. The summed E-state index contributed by atoms with van der Waals surface area (Å²) in [6.07, 6.45) is 1.03. The topological polar surface area (TPSA) is 32.3 Å². The molecule has 3 fully saturated rings. The Kier molecular flexibility index (Phi) is 3.11. The van der Waals surface area contributed by atoms with Crippen molar-refractivity contribution in [2.24, 2.45) is 17.8 Å². The second kappa shape index (κ2) is 4.85. The van der Waals surface area contributed by atoms with E-state index < -0.39 is 0 Å². The van der Waals surface area contributed by atoms with E-state index in [-0.39, 0.29) is 5.92 Å². The van der Waals surface area contributed by atoms with Gasteiger partial charge in [0.1, 0.15) is 0 Å². The first-order chi connectivity index (χ1) is 9.72. The highest BCUT2D eigenvalue weighted by molar-refractivity contribution is 9.10. The number of rotatable bonds is 2. The van der Waals surface area contributed by atoms with Gasteiger partial charge >= 0.3 is 0 Å². The number of hydrogen-bond acceptors (Lipinski definition) is 2. The van der Waals surface area contributed by atoms with E-state index in [1.54, 1.807) is 0 Å². The van der Waals surface area contributed by atoms with E-state index in [1.165, 1.54) is 5.56 Å². The molecule has 1 saturated carbocycles. The molecule has 3 aliphatic rings. The van der Waals surface area contributed by atoms with Gasteiger partial charge in [-0.2, -0.15) is 0 Å². The number of halogens is 1. The molecule has 4 rings (SSSR count). The highest BCUT2D eigenvalue weighted by atomic mass is 79.9. The van der Waals surface area contributed by atoms with Gasteiger partial charge < -0.3 is 10.2 Å². The van der Waals surface area contributed by atoms with Gasteiger partial charge in [-0.3, -0.25) is 4.79 Å². The summed E-state index contributed by atoms with van der Waals surface area (Å²) in [4.78, 5) is 14.7. The van der Waals surface area contributed by atoms with Crippen molar-refractivity contribution < 1.29 is 4.79 Å². The van der Waals surface area contributed by atoms with Crippen LogP contribution in [0.25, 0.3) is 0 Å². The van der Waals surface area contributed by atoms with Crippen molar-refractivity contribution in [3.8, 4) is 0 Å². The van der Waals surface area contributed by atoms with Gasteiger partial charge in [-0.15, -0.1) is 0 Å². The minimum atomic E-state index is 0.232. The Labute approximate surface area is 127 Å². The Morgan fingerprint density at radius 1 is 1.25 bits per heavy atom. The normalized spacial score (nSPS) is 35.1. The van der Waals surface area contributed by atoms with Crippen LogP contribution in [-0.4, -0.2) is 37.0 Å². The number of hydrogen-bond donors (Lipinski definition) is 1. The highest BCUT2D eigenvalue weighted by Gasteiger charge is 2.48. The number of carbonyl (C=O) groups excluding carboxylic acids is 1. The second-order valence-electron chi connectivity index (χ2n) is 6.43. The molecule has 2 saturated heterocycles. The van der Waals surface area contributed by atoms with Gasteiger partial charge in [0.05, 0.1) is 0 Å². The molecule has 1 aromatic carbocycles. The van der Waals surface area contributed by atoms with E-state index in [1.807, 2.05) is 6.07 Å². The first kappa shape index (κ1) is 12.8. The van der Waals surface area contributed by atoms with Gasteiger partial charge in [0, 0.05) is 36.6 Å². The molecule has 4 atom stereocenters. The van der Waals surface area contributed by atoms with Crippen molar-refractivity contribution in [2.75, 3.05) is 26.2 Å². The summed E-state index contributed by atoms with van der Waals surface area (Å²) >= 11 is 3.51. The largest absolute Gasteiger partial charge is 0.342 e. The summed E-state index contributed by atoms with van der Waals surface area (Å²) in [7, 11) is 0. The minimum absolute atomic E-state index is 0.232. The van der Waals surface area contributed by atoms with Crippen molar-refractivity contribution in [3.05, 3.63) is 34.3 Å². The Bertz CT molecular complexity index is 535. The summed E-state index contributed by atoms with van der Waals surface area (Å²) in [6.45, 7) is 4.12. The van der Waals surface area contributed by atoms with Crippen LogP contribution in [0.1, 0.15) is 17.9 Å². The van der Waals surface area contributed by atoms with Crippen LogP contribution in [0.5, 0.6) is 0 Å². The molecule has 0 radical (unpaired) electrons. The molecule has 1 N–H and O–H groups in total. The van der Waals surface area contributed by atoms with E-state index in [4.69, 9.17) is 0 Å². The fraction of sp³-hybridized carbons (Fsp3) is 0.562. The number of benzene rings is 1. The lowest BCUT2D eigenvalue weighted by molar-refractivity contribution is -0.131. The van der Waals surface area contributed by atoms with Gasteiger partial charge in [-0.25, -0.2) is 0 Å². The molecular formula is C16H19BrN2O. The standard InChI is InChI=1S/C16H19BrN2O/c17-13-3-1-2-10(4-13)14-5-15(14)16(20)19-8-11-6-18-7-12(11)9-19/h1-4,11-12,14-15,18H,5-9H2/t11-,12+,14?,15?. The zero-order valence-electron chi connectivity index (χ0n) is 11.4. The summed E-state index contributed by atoms with van der Waals surface area (Å²) in [5.74, 6) is 2.46. The number of nitrogens with one attached hydrogen (secondary N) is 1. The summed E-state index contributed by atoms with van der Waals surface area (Å²) in [5, 5.41) is 3.43. The van der Waals surface area contributed by atoms with Crippen molar-refractivity contribution in [1.82, 2.24) is 10.2 Å². The third kappa shape index (κ3) is 2.19. The molecule has 106 valence electrons. The van der Waals surface area contributed by atoms with E-state index in [0.717, 1.165) is 37.1 Å². The van der Waals surface area contributed by atoms with Gasteiger partial charge in [0.2, 0.25) is 5.91 Å². The average Bonchev–Trinajstić information content (AvgIpc) is 2.94. The third-order valence-electron chi connectivity index (χ3n) is 5.09. The van der Waals surface area contributed by atoms with Crippen molar-refractivity contribution in [3.63, 3.8) is 0 Å². The maximum Gasteiger partial charge on any atom is 0.226 e. The first-order valence-electron chi connectivity index (χ1n) is 7.47. The van der Waals surface area contributed by atoms with Crippen LogP contribution >= 0.6 is 15.9 Å². The Hall–Kier alpha value is -0.870. The van der Waals surface area contributed by atoms with Crippen LogP contribution in [0.15, 0.2) is 28.7 Å². The Morgan fingerprint density at radius 2 is 2.00 bits per heavy atom. The molecule has 1 aromatic rings. The molecule has 0 spiro atoms. The quantitative estimate of drug-likeness (QED) is 0.899. The molecule has 0 aromatic heterocycles. The molecule has 4 heteroatoms. The summed E-state index contributed by atoms with van der Waals surface area (Å²) in [5.41, 5.74) is 1.30. The number of nitrogens with zero attached hydrogens (tertiary/aromatic N) is 1. The maximum atomic E-state index is 12.6. The predicted octanol–water partition coefficient (Wildman–Crippen LogP) is 2.23. The van der Waals surface area contributed by atoms with Crippen LogP contribution in [-0.2, 0) is 4.79 Å². The van der Waals surface area contributed by atoms with Crippen LogP contribution in [0.3, 0.4) is 0 Å². The molecular weight excluding hydrogens is 316 g/mol. The molecule has 2 heterocycles. The molecule has 2 aliphatic heterocycles. The van der Waals surface area contributed by atoms with Gasteiger partial charge in [0.15, 0.2) is 0 Å². The van der Waals surface area contributed by atoms with Crippen molar-refractivity contribution in [1.29, 1.82) is 0 Å². The maximum absolute atomic E-state index is 12.6. The predicted molar refractivity (Wildman–Crippen MR) is 81.4 cm³/mol. The Morgan fingerprint density at radius 3 is 2.70 bits per heavy atom. The fourth-order valence-electron chi connectivity index (χ4n) is 3.84. The summed E-state index contributed by atoms with van der Waals surface area (Å²) in [6, 6.07) is 8.40. The lowest BCUT2D eigenvalue weighted by Crippen LogP contribution is -2.33. The van der Waals surface area contributed by atoms with Crippen LogP contribution in [0.4, 0.5) is 0 Å². The van der Waals surface area contributed by atoms with Crippen molar-refractivity contribution >= 4 is 21.8 Å². The first-order valence-corrected chi connectivity index (χ1v) is 8.26. The SMILES string of the molecule is O=C(C1CC1c1cccc(Br)c1)N1C[C@H]2CNC[C@H]2C1.